The summed E-state index contributed by atoms with van der Waals surface area (Å²) in [5, 5.41) is 17.6. The van der Waals surface area contributed by atoms with Crippen LogP contribution in [0.15, 0.2) is 66.9 Å². The summed E-state index contributed by atoms with van der Waals surface area (Å²) in [5.74, 6) is 1.26. The second-order valence-electron chi connectivity index (χ2n) is 8.03. The van der Waals surface area contributed by atoms with E-state index in [2.05, 4.69) is 35.8 Å². The van der Waals surface area contributed by atoms with E-state index in [9.17, 15) is 4.79 Å². The van der Waals surface area contributed by atoms with E-state index in [1.165, 1.54) is 0 Å². The molecule has 1 atom stereocenters. The van der Waals surface area contributed by atoms with Gasteiger partial charge in [-0.1, -0.05) is 65.3 Å². The number of aromatic nitrogens is 5. The van der Waals surface area contributed by atoms with Crippen LogP contribution in [-0.4, -0.2) is 49.5 Å². The zero-order valence-electron chi connectivity index (χ0n) is 17.8. The van der Waals surface area contributed by atoms with Crippen molar-refractivity contribution in [3.05, 3.63) is 88.8 Å². The molecule has 1 aliphatic rings. The van der Waals surface area contributed by atoms with Crippen molar-refractivity contribution >= 4 is 23.3 Å². The van der Waals surface area contributed by atoms with E-state index in [1.807, 2.05) is 54.6 Å². The molecule has 9 heteroatoms. The van der Waals surface area contributed by atoms with Gasteiger partial charge in [0.05, 0.1) is 10.6 Å². The summed E-state index contributed by atoms with van der Waals surface area (Å²) in [5.41, 5.74) is 3.26. The molecule has 2 N–H and O–H groups in total. The van der Waals surface area contributed by atoms with Gasteiger partial charge in [-0.2, -0.15) is 5.21 Å². The maximum Gasteiger partial charge on any atom is 0.258 e. The van der Waals surface area contributed by atoms with Crippen LogP contribution in [0.1, 0.15) is 34.1 Å². The number of rotatable bonds is 6. The summed E-state index contributed by atoms with van der Waals surface area (Å²) < 4.78 is 0. The predicted octanol–water partition coefficient (Wildman–Crippen LogP) is 4.16. The van der Waals surface area contributed by atoms with E-state index in [4.69, 9.17) is 11.6 Å². The van der Waals surface area contributed by atoms with Gasteiger partial charge in [0.2, 0.25) is 0 Å². The third-order valence-corrected chi connectivity index (χ3v) is 6.21. The zero-order valence-corrected chi connectivity index (χ0v) is 18.5. The molecule has 1 fully saturated rings. The second-order valence-corrected chi connectivity index (χ2v) is 8.41. The molecule has 2 aromatic carbocycles. The number of halogens is 1. The van der Waals surface area contributed by atoms with Gasteiger partial charge in [0.25, 0.3) is 5.91 Å². The molecule has 3 heterocycles. The van der Waals surface area contributed by atoms with Gasteiger partial charge in [0.15, 0.2) is 5.82 Å². The topological polar surface area (TPSA) is 99.7 Å². The van der Waals surface area contributed by atoms with Crippen LogP contribution < -0.4 is 5.32 Å². The number of anilines is 1. The predicted molar refractivity (Wildman–Crippen MR) is 126 cm³/mol. The highest BCUT2D eigenvalue weighted by atomic mass is 35.5. The molecule has 0 spiro atoms. The van der Waals surface area contributed by atoms with Crippen LogP contribution in [0.25, 0.3) is 11.1 Å². The van der Waals surface area contributed by atoms with Crippen LogP contribution in [0.3, 0.4) is 0 Å². The highest BCUT2D eigenvalue weighted by molar-refractivity contribution is 6.37. The molecule has 0 saturated carbocycles. The molecule has 8 nitrogen and oxygen atoms in total. The van der Waals surface area contributed by atoms with Crippen molar-refractivity contribution < 1.29 is 4.79 Å². The third kappa shape index (κ3) is 4.76. The maximum absolute atomic E-state index is 12.9. The van der Waals surface area contributed by atoms with E-state index in [0.29, 0.717) is 22.3 Å². The molecule has 0 radical (unpaired) electrons. The summed E-state index contributed by atoms with van der Waals surface area (Å²) in [4.78, 5) is 19.6. The Balaban J connectivity index is 1.22. The molecule has 4 aromatic rings. The van der Waals surface area contributed by atoms with E-state index in [-0.39, 0.29) is 5.91 Å². The lowest BCUT2D eigenvalue weighted by Crippen LogP contribution is -2.20. The van der Waals surface area contributed by atoms with Crippen LogP contribution in [0.2, 0.25) is 5.02 Å². The SMILES string of the molecule is O=C(Nc1ccc(CN2CCC(c3nn[nH]n3)C2)cn1)c1cccc(-c2ccccc2)c1Cl. The Labute approximate surface area is 196 Å². The number of tetrazole rings is 1. The fourth-order valence-electron chi connectivity index (χ4n) is 4.11. The van der Waals surface area contributed by atoms with Gasteiger partial charge in [-0.05, 0) is 36.2 Å². The van der Waals surface area contributed by atoms with Crippen molar-refractivity contribution in [1.82, 2.24) is 30.5 Å². The van der Waals surface area contributed by atoms with Crippen molar-refractivity contribution in [2.75, 3.05) is 18.4 Å². The molecule has 1 amide bonds. The number of amides is 1. The summed E-state index contributed by atoms with van der Waals surface area (Å²) in [6.45, 7) is 2.63. The molecule has 5 rings (SSSR count). The number of carbonyl (C=O) groups is 1. The smallest absolute Gasteiger partial charge is 0.258 e. The van der Waals surface area contributed by atoms with Crippen molar-refractivity contribution in [3.63, 3.8) is 0 Å². The number of benzene rings is 2. The van der Waals surface area contributed by atoms with E-state index in [0.717, 1.165) is 48.6 Å². The molecule has 0 bridgehead atoms. The largest absolute Gasteiger partial charge is 0.307 e. The third-order valence-electron chi connectivity index (χ3n) is 5.80. The summed E-state index contributed by atoms with van der Waals surface area (Å²) in [6.07, 6.45) is 2.79. The molecular formula is C24H22ClN7O. The highest BCUT2D eigenvalue weighted by Crippen LogP contribution is 2.31. The average Bonchev–Trinajstić information content (AvgIpc) is 3.53. The lowest BCUT2D eigenvalue weighted by Gasteiger charge is -2.15. The fraction of sp³-hybridized carbons (Fsp3) is 0.208. The molecule has 1 aliphatic heterocycles. The number of carbonyl (C=O) groups excluding carboxylic acids is 1. The Bertz CT molecular complexity index is 1230. The molecule has 1 unspecified atom stereocenters. The maximum atomic E-state index is 12.9. The van der Waals surface area contributed by atoms with Gasteiger partial charge in [-0.15, -0.1) is 10.2 Å². The number of hydrogen-bond donors (Lipinski definition) is 2. The van der Waals surface area contributed by atoms with Gasteiger partial charge in [-0.3, -0.25) is 9.69 Å². The van der Waals surface area contributed by atoms with Crippen LogP contribution in [0.5, 0.6) is 0 Å². The minimum Gasteiger partial charge on any atom is -0.307 e. The van der Waals surface area contributed by atoms with Gasteiger partial charge < -0.3 is 5.32 Å². The lowest BCUT2D eigenvalue weighted by molar-refractivity contribution is 0.102. The first kappa shape index (κ1) is 21.2. The van der Waals surface area contributed by atoms with Crippen molar-refractivity contribution in [1.29, 1.82) is 0 Å². The Morgan fingerprint density at radius 3 is 2.76 bits per heavy atom. The van der Waals surface area contributed by atoms with Crippen LogP contribution in [0, 0.1) is 0 Å². The van der Waals surface area contributed by atoms with Crippen LogP contribution in [-0.2, 0) is 6.54 Å². The number of H-pyrrole nitrogens is 1. The number of nitrogens with zero attached hydrogens (tertiary/aromatic N) is 5. The zero-order chi connectivity index (χ0) is 22.6. The Kier molecular flexibility index (Phi) is 6.10. The molecule has 166 valence electrons. The molecular weight excluding hydrogens is 438 g/mol. The van der Waals surface area contributed by atoms with Gasteiger partial charge in [-0.25, -0.2) is 4.98 Å². The van der Waals surface area contributed by atoms with Crippen molar-refractivity contribution in [3.8, 4) is 11.1 Å². The number of likely N-dealkylation sites (tertiary alicyclic amines) is 1. The van der Waals surface area contributed by atoms with E-state index < -0.39 is 0 Å². The molecule has 2 aromatic heterocycles. The number of pyridine rings is 1. The fourth-order valence-corrected chi connectivity index (χ4v) is 4.43. The van der Waals surface area contributed by atoms with Gasteiger partial charge in [0, 0.05) is 30.8 Å². The first-order valence-corrected chi connectivity index (χ1v) is 11.1. The summed E-state index contributed by atoms with van der Waals surface area (Å²) in [7, 11) is 0. The molecule has 33 heavy (non-hydrogen) atoms. The van der Waals surface area contributed by atoms with Crippen LogP contribution >= 0.6 is 11.6 Å². The standard InChI is InChI=1S/C24H22ClN7O/c25-22-19(17-5-2-1-3-6-17)7-4-8-20(22)24(33)27-21-10-9-16(13-26-21)14-32-12-11-18(15-32)23-28-30-31-29-23/h1-10,13,18H,11-12,14-15H2,(H,26,27,33)(H,28,29,30,31). The average molecular weight is 460 g/mol. The Hall–Kier alpha value is -3.62. The van der Waals surface area contributed by atoms with Crippen molar-refractivity contribution in [2.24, 2.45) is 0 Å². The Morgan fingerprint density at radius 2 is 2.00 bits per heavy atom. The lowest BCUT2D eigenvalue weighted by atomic mass is 10.0. The second kappa shape index (κ2) is 9.48. The van der Waals surface area contributed by atoms with Crippen LogP contribution in [0.4, 0.5) is 5.82 Å². The highest BCUT2D eigenvalue weighted by Gasteiger charge is 2.26. The summed E-state index contributed by atoms with van der Waals surface area (Å²) in [6, 6.07) is 19.0. The van der Waals surface area contributed by atoms with Gasteiger partial charge >= 0.3 is 0 Å². The first-order valence-electron chi connectivity index (χ1n) is 10.7. The number of aromatic amines is 1. The van der Waals surface area contributed by atoms with E-state index >= 15 is 0 Å². The summed E-state index contributed by atoms with van der Waals surface area (Å²) >= 11 is 6.57. The number of hydrogen-bond acceptors (Lipinski definition) is 6. The number of nitrogens with one attached hydrogen (secondary N) is 2. The minimum atomic E-state index is -0.291. The minimum absolute atomic E-state index is 0.291. The van der Waals surface area contributed by atoms with E-state index in [1.54, 1.807) is 12.3 Å². The molecule has 0 aliphatic carbocycles. The van der Waals surface area contributed by atoms with Gasteiger partial charge in [0.1, 0.15) is 5.82 Å². The quantitative estimate of drug-likeness (QED) is 0.449. The van der Waals surface area contributed by atoms with Crippen molar-refractivity contribution in [2.45, 2.75) is 18.9 Å². The monoisotopic (exact) mass is 459 g/mol. The normalized spacial score (nSPS) is 16.1. The first-order chi connectivity index (χ1) is 16.2. The Morgan fingerprint density at radius 1 is 1.12 bits per heavy atom. The molecule has 1 saturated heterocycles.